The van der Waals surface area contributed by atoms with Gasteiger partial charge in [-0.3, -0.25) is 9.36 Å². The number of hydrogen-bond acceptors (Lipinski definition) is 4. The summed E-state index contributed by atoms with van der Waals surface area (Å²) in [5, 5.41) is 24.0. The summed E-state index contributed by atoms with van der Waals surface area (Å²) in [5.41, 5.74) is 6.26. The topological polar surface area (TPSA) is 83.3 Å². The molecule has 1 aliphatic carbocycles. The highest BCUT2D eigenvalue weighted by atomic mass is 16.3. The molecule has 1 fully saturated rings. The standard InChI is InChI=1S/C29H30N4O2/c1-2-5-27-26(18-20-8-10-21(11-9-20)25-7-4-3-6-22(25)19-30)29(35)32(28-16-17-31-33(27)28)23-12-14-24(34)15-13-23/h3-4,6-11,16-17,23-24,34H,2,5,12-15,18H2,1H3. The zero-order valence-corrected chi connectivity index (χ0v) is 20.0. The van der Waals surface area contributed by atoms with Crippen molar-refractivity contribution < 1.29 is 5.11 Å². The van der Waals surface area contributed by atoms with Gasteiger partial charge in [-0.15, -0.1) is 0 Å². The van der Waals surface area contributed by atoms with Crippen LogP contribution in [0, 0.1) is 11.3 Å². The lowest BCUT2D eigenvalue weighted by Gasteiger charge is -2.29. The van der Waals surface area contributed by atoms with E-state index < -0.39 is 0 Å². The van der Waals surface area contributed by atoms with Crippen molar-refractivity contribution in [1.82, 2.24) is 14.2 Å². The Morgan fingerprint density at radius 3 is 2.51 bits per heavy atom. The van der Waals surface area contributed by atoms with Crippen molar-refractivity contribution in [3.63, 3.8) is 0 Å². The van der Waals surface area contributed by atoms with Crippen molar-refractivity contribution in [2.75, 3.05) is 0 Å². The molecule has 0 bridgehead atoms. The van der Waals surface area contributed by atoms with Crippen molar-refractivity contribution >= 4 is 5.65 Å². The summed E-state index contributed by atoms with van der Waals surface area (Å²) in [7, 11) is 0. The quantitative estimate of drug-likeness (QED) is 0.431. The number of nitriles is 1. The van der Waals surface area contributed by atoms with Crippen LogP contribution in [0.1, 0.15) is 67.5 Å². The summed E-state index contributed by atoms with van der Waals surface area (Å²) in [6.45, 7) is 2.12. The van der Waals surface area contributed by atoms with Crippen LogP contribution in [0.2, 0.25) is 0 Å². The van der Waals surface area contributed by atoms with E-state index in [0.717, 1.165) is 72.1 Å². The lowest BCUT2D eigenvalue weighted by Crippen LogP contribution is -2.34. The second-order valence-electron chi connectivity index (χ2n) is 9.45. The van der Waals surface area contributed by atoms with Crippen LogP contribution in [-0.2, 0) is 12.8 Å². The summed E-state index contributed by atoms with van der Waals surface area (Å²) >= 11 is 0. The van der Waals surface area contributed by atoms with E-state index in [4.69, 9.17) is 0 Å². The van der Waals surface area contributed by atoms with E-state index in [1.807, 2.05) is 63.7 Å². The Morgan fingerprint density at radius 2 is 1.80 bits per heavy atom. The van der Waals surface area contributed by atoms with Crippen LogP contribution in [0.4, 0.5) is 0 Å². The molecule has 0 amide bonds. The Kier molecular flexibility index (Phi) is 6.52. The molecule has 0 spiro atoms. The van der Waals surface area contributed by atoms with Gasteiger partial charge in [0.1, 0.15) is 5.65 Å². The molecule has 1 aliphatic rings. The van der Waals surface area contributed by atoms with Gasteiger partial charge in [0.05, 0.1) is 29.6 Å². The average Bonchev–Trinajstić information content (AvgIpc) is 3.37. The molecule has 4 aromatic rings. The van der Waals surface area contributed by atoms with Crippen LogP contribution < -0.4 is 5.56 Å². The van der Waals surface area contributed by atoms with Crippen LogP contribution in [0.3, 0.4) is 0 Å². The minimum absolute atomic E-state index is 0.0572. The highest BCUT2D eigenvalue weighted by Crippen LogP contribution is 2.30. The van der Waals surface area contributed by atoms with Crippen LogP contribution >= 0.6 is 0 Å². The van der Waals surface area contributed by atoms with Crippen molar-refractivity contribution in [1.29, 1.82) is 5.26 Å². The molecular formula is C29H30N4O2. The number of aliphatic hydroxyl groups excluding tert-OH is 1. The van der Waals surface area contributed by atoms with Crippen LogP contribution in [0.25, 0.3) is 16.8 Å². The maximum atomic E-state index is 14.0. The van der Waals surface area contributed by atoms with Gasteiger partial charge in [-0.1, -0.05) is 55.8 Å². The predicted molar refractivity (Wildman–Crippen MR) is 136 cm³/mol. The van der Waals surface area contributed by atoms with Gasteiger partial charge in [0.2, 0.25) is 0 Å². The number of fused-ring (bicyclic) bond motifs is 1. The first-order valence-electron chi connectivity index (χ1n) is 12.5. The van der Waals surface area contributed by atoms with Gasteiger partial charge in [-0.05, 0) is 54.9 Å². The summed E-state index contributed by atoms with van der Waals surface area (Å²) < 4.78 is 3.87. The maximum absolute atomic E-state index is 14.0. The molecule has 1 N–H and O–H groups in total. The molecule has 178 valence electrons. The number of aryl methyl sites for hydroxylation is 1. The third-order valence-corrected chi connectivity index (χ3v) is 7.16. The van der Waals surface area contributed by atoms with E-state index >= 15 is 0 Å². The summed E-state index contributed by atoms with van der Waals surface area (Å²) in [5.74, 6) is 0. The first-order chi connectivity index (χ1) is 17.1. The van der Waals surface area contributed by atoms with E-state index in [1.54, 1.807) is 6.20 Å². The highest BCUT2D eigenvalue weighted by Gasteiger charge is 2.26. The van der Waals surface area contributed by atoms with E-state index in [0.29, 0.717) is 12.0 Å². The van der Waals surface area contributed by atoms with Gasteiger partial charge in [0.25, 0.3) is 5.56 Å². The third-order valence-electron chi connectivity index (χ3n) is 7.16. The molecule has 0 saturated heterocycles. The van der Waals surface area contributed by atoms with Gasteiger partial charge in [0.15, 0.2) is 0 Å². The lowest BCUT2D eigenvalue weighted by atomic mass is 9.92. The largest absolute Gasteiger partial charge is 0.393 e. The molecule has 2 aromatic heterocycles. The number of benzene rings is 2. The predicted octanol–water partition coefficient (Wildman–Crippen LogP) is 5.05. The van der Waals surface area contributed by atoms with Gasteiger partial charge in [-0.25, -0.2) is 4.52 Å². The Balaban J connectivity index is 1.56. The fourth-order valence-electron chi connectivity index (χ4n) is 5.37. The molecule has 0 atom stereocenters. The van der Waals surface area contributed by atoms with Crippen LogP contribution in [0.15, 0.2) is 65.6 Å². The molecule has 35 heavy (non-hydrogen) atoms. The third kappa shape index (κ3) is 4.40. The Bertz CT molecular complexity index is 1430. The zero-order chi connectivity index (χ0) is 24.4. The van der Waals surface area contributed by atoms with Gasteiger partial charge < -0.3 is 5.11 Å². The molecule has 0 unspecified atom stereocenters. The smallest absolute Gasteiger partial charge is 0.257 e. The molecule has 0 radical (unpaired) electrons. The fourth-order valence-corrected chi connectivity index (χ4v) is 5.37. The van der Waals surface area contributed by atoms with E-state index in [-0.39, 0.29) is 17.7 Å². The molecule has 0 aliphatic heterocycles. The minimum atomic E-state index is -0.272. The van der Waals surface area contributed by atoms with E-state index in [2.05, 4.69) is 18.1 Å². The SMILES string of the molecule is CCCc1c(Cc2ccc(-c3ccccc3C#N)cc2)c(=O)n(C2CCC(O)CC2)c2ccnn12. The summed E-state index contributed by atoms with van der Waals surface area (Å²) in [4.78, 5) is 14.0. The Hall–Kier alpha value is -3.69. The number of hydrogen-bond donors (Lipinski definition) is 1. The average molecular weight is 467 g/mol. The Labute approximate surface area is 205 Å². The molecule has 6 heteroatoms. The van der Waals surface area contributed by atoms with Crippen LogP contribution in [-0.4, -0.2) is 25.4 Å². The summed E-state index contributed by atoms with van der Waals surface area (Å²) in [6.07, 6.45) is 6.75. The molecule has 1 saturated carbocycles. The van der Waals surface area contributed by atoms with E-state index in [9.17, 15) is 15.2 Å². The fraction of sp³-hybridized carbons (Fsp3) is 0.345. The van der Waals surface area contributed by atoms with Crippen molar-refractivity contribution in [2.24, 2.45) is 0 Å². The van der Waals surface area contributed by atoms with E-state index in [1.165, 1.54) is 0 Å². The monoisotopic (exact) mass is 466 g/mol. The van der Waals surface area contributed by atoms with Gasteiger partial charge >= 0.3 is 0 Å². The molecule has 2 heterocycles. The van der Waals surface area contributed by atoms with Gasteiger partial charge in [-0.2, -0.15) is 10.4 Å². The van der Waals surface area contributed by atoms with Crippen molar-refractivity contribution in [3.05, 3.63) is 93.5 Å². The summed E-state index contributed by atoms with van der Waals surface area (Å²) in [6, 6.07) is 20.0. The minimum Gasteiger partial charge on any atom is -0.393 e. The van der Waals surface area contributed by atoms with Crippen LogP contribution in [0.5, 0.6) is 0 Å². The number of rotatable bonds is 6. The van der Waals surface area contributed by atoms with Crippen molar-refractivity contribution in [3.8, 4) is 17.2 Å². The normalized spacial score (nSPS) is 18.0. The first-order valence-corrected chi connectivity index (χ1v) is 12.5. The second-order valence-corrected chi connectivity index (χ2v) is 9.45. The zero-order valence-electron chi connectivity index (χ0n) is 20.0. The van der Waals surface area contributed by atoms with Gasteiger partial charge in [0, 0.05) is 24.1 Å². The number of aromatic nitrogens is 3. The number of aliphatic hydroxyl groups is 1. The van der Waals surface area contributed by atoms with Crippen molar-refractivity contribution in [2.45, 2.75) is 64.0 Å². The molecule has 5 rings (SSSR count). The molecular weight excluding hydrogens is 436 g/mol. The first kappa shape index (κ1) is 23.1. The highest BCUT2D eigenvalue weighted by molar-refractivity contribution is 5.70. The molecule has 2 aromatic carbocycles. The molecule has 6 nitrogen and oxygen atoms in total. The number of nitrogens with zero attached hydrogens (tertiary/aromatic N) is 4. The second kappa shape index (κ2) is 9.89. The Morgan fingerprint density at radius 1 is 1.06 bits per heavy atom. The maximum Gasteiger partial charge on any atom is 0.257 e. The lowest BCUT2D eigenvalue weighted by molar-refractivity contribution is 0.110.